The first-order valence-corrected chi connectivity index (χ1v) is 10.6. The molecule has 0 fully saturated rings. The van der Waals surface area contributed by atoms with Crippen molar-refractivity contribution in [2.75, 3.05) is 38.9 Å². The zero-order valence-electron chi connectivity index (χ0n) is 17.2. The van der Waals surface area contributed by atoms with Gasteiger partial charge >= 0.3 is 0 Å². The Labute approximate surface area is 190 Å². The van der Waals surface area contributed by atoms with Crippen molar-refractivity contribution in [3.05, 3.63) is 82.8 Å². The number of methoxy groups -OCH3 is 1. The number of rotatable bonds is 11. The molecule has 31 heavy (non-hydrogen) atoms. The van der Waals surface area contributed by atoms with Crippen molar-refractivity contribution in [1.29, 1.82) is 0 Å². The number of para-hydroxylation sites is 1. The molecule has 0 aliphatic rings. The maximum atomic E-state index is 12.5. The molecule has 3 aromatic carbocycles. The largest absolute Gasteiger partial charge is 0.490 e. The molecule has 0 heterocycles. The van der Waals surface area contributed by atoms with E-state index in [2.05, 4.69) is 21.2 Å². The first-order valence-electron chi connectivity index (χ1n) is 9.79. The van der Waals surface area contributed by atoms with Gasteiger partial charge in [-0.3, -0.25) is 4.79 Å². The van der Waals surface area contributed by atoms with E-state index in [9.17, 15) is 4.79 Å². The predicted molar refractivity (Wildman–Crippen MR) is 123 cm³/mol. The summed E-state index contributed by atoms with van der Waals surface area (Å²) in [5, 5.41) is 2.87. The summed E-state index contributed by atoms with van der Waals surface area (Å²) in [4.78, 5) is 12.5. The van der Waals surface area contributed by atoms with Gasteiger partial charge in [-0.15, -0.1) is 0 Å². The Bertz CT molecular complexity index is 963. The number of ether oxygens (including phenoxy) is 4. The van der Waals surface area contributed by atoms with Crippen LogP contribution in [0.2, 0.25) is 0 Å². The standard InChI is InChI=1S/C24H24BrNO5/c1-28-13-14-31-23-12-7-18(17-22(23)25)24(27)26-19-8-10-21(11-9-19)30-16-15-29-20-5-3-2-4-6-20/h2-12,17H,13-16H2,1H3,(H,26,27). The van der Waals surface area contributed by atoms with Crippen molar-refractivity contribution in [2.24, 2.45) is 0 Å². The van der Waals surface area contributed by atoms with Crippen LogP contribution < -0.4 is 19.5 Å². The third-order valence-electron chi connectivity index (χ3n) is 4.22. The maximum absolute atomic E-state index is 12.5. The van der Waals surface area contributed by atoms with Crippen LogP contribution in [0.4, 0.5) is 5.69 Å². The minimum atomic E-state index is -0.214. The van der Waals surface area contributed by atoms with E-state index in [4.69, 9.17) is 18.9 Å². The lowest BCUT2D eigenvalue weighted by molar-refractivity contribution is 0.102. The van der Waals surface area contributed by atoms with E-state index >= 15 is 0 Å². The molecule has 0 bridgehead atoms. The van der Waals surface area contributed by atoms with E-state index in [1.54, 1.807) is 49.6 Å². The molecule has 1 amide bonds. The summed E-state index contributed by atoms with van der Waals surface area (Å²) < 4.78 is 22.5. The Kier molecular flexibility index (Phi) is 8.75. The van der Waals surface area contributed by atoms with Crippen LogP contribution >= 0.6 is 15.9 Å². The average molecular weight is 486 g/mol. The number of anilines is 1. The highest BCUT2D eigenvalue weighted by Gasteiger charge is 2.10. The third-order valence-corrected chi connectivity index (χ3v) is 4.83. The quantitative estimate of drug-likeness (QED) is 0.378. The van der Waals surface area contributed by atoms with Crippen molar-refractivity contribution < 1.29 is 23.7 Å². The van der Waals surface area contributed by atoms with Gasteiger partial charge in [0.1, 0.15) is 37.1 Å². The lowest BCUT2D eigenvalue weighted by atomic mass is 10.2. The van der Waals surface area contributed by atoms with Crippen molar-refractivity contribution in [3.8, 4) is 17.2 Å². The first kappa shape index (κ1) is 22.7. The van der Waals surface area contributed by atoms with Crippen LogP contribution in [-0.2, 0) is 4.74 Å². The molecule has 0 radical (unpaired) electrons. The second-order valence-corrected chi connectivity index (χ2v) is 7.33. The van der Waals surface area contributed by atoms with Gasteiger partial charge < -0.3 is 24.3 Å². The molecule has 3 aromatic rings. The first-order chi connectivity index (χ1) is 15.2. The molecular weight excluding hydrogens is 462 g/mol. The highest BCUT2D eigenvalue weighted by atomic mass is 79.9. The summed E-state index contributed by atoms with van der Waals surface area (Å²) in [5.74, 6) is 1.96. The molecule has 3 rings (SSSR count). The average Bonchev–Trinajstić information content (AvgIpc) is 2.79. The summed E-state index contributed by atoms with van der Waals surface area (Å²) in [6.45, 7) is 1.80. The van der Waals surface area contributed by atoms with Crippen LogP contribution in [0.1, 0.15) is 10.4 Å². The molecule has 0 atom stereocenters. The van der Waals surface area contributed by atoms with Gasteiger partial charge in [0.05, 0.1) is 11.1 Å². The molecule has 0 unspecified atom stereocenters. The lowest BCUT2D eigenvalue weighted by Crippen LogP contribution is -2.12. The number of nitrogens with one attached hydrogen (secondary N) is 1. The monoisotopic (exact) mass is 485 g/mol. The Hall–Kier alpha value is -3.03. The Morgan fingerprint density at radius 1 is 0.806 bits per heavy atom. The fourth-order valence-corrected chi connectivity index (χ4v) is 3.16. The normalized spacial score (nSPS) is 10.4. The third kappa shape index (κ3) is 7.31. The highest BCUT2D eigenvalue weighted by molar-refractivity contribution is 9.10. The van der Waals surface area contributed by atoms with Gasteiger partial charge in [0, 0.05) is 18.4 Å². The van der Waals surface area contributed by atoms with Crippen molar-refractivity contribution >= 4 is 27.5 Å². The molecule has 0 spiro atoms. The van der Waals surface area contributed by atoms with E-state index in [0.717, 1.165) is 5.75 Å². The van der Waals surface area contributed by atoms with Gasteiger partial charge in [0.15, 0.2) is 0 Å². The molecule has 162 valence electrons. The Morgan fingerprint density at radius 3 is 2.10 bits per heavy atom. The highest BCUT2D eigenvalue weighted by Crippen LogP contribution is 2.26. The zero-order valence-corrected chi connectivity index (χ0v) is 18.8. The maximum Gasteiger partial charge on any atom is 0.255 e. The Balaban J connectivity index is 1.46. The van der Waals surface area contributed by atoms with Gasteiger partial charge in [0.25, 0.3) is 5.91 Å². The van der Waals surface area contributed by atoms with E-state index in [0.29, 0.717) is 53.7 Å². The number of carbonyl (C=O) groups excluding carboxylic acids is 1. The van der Waals surface area contributed by atoms with Gasteiger partial charge in [-0.05, 0) is 70.5 Å². The van der Waals surface area contributed by atoms with E-state index in [-0.39, 0.29) is 5.91 Å². The van der Waals surface area contributed by atoms with Crippen LogP contribution in [0.3, 0.4) is 0 Å². The SMILES string of the molecule is COCCOc1ccc(C(=O)Nc2ccc(OCCOc3ccccc3)cc2)cc1Br. The summed E-state index contributed by atoms with van der Waals surface area (Å²) in [6, 6.07) is 22.0. The molecule has 0 saturated heterocycles. The summed E-state index contributed by atoms with van der Waals surface area (Å²) >= 11 is 3.43. The van der Waals surface area contributed by atoms with Gasteiger partial charge in [-0.1, -0.05) is 18.2 Å². The topological polar surface area (TPSA) is 66.0 Å². The van der Waals surface area contributed by atoms with Crippen molar-refractivity contribution in [3.63, 3.8) is 0 Å². The van der Waals surface area contributed by atoms with Gasteiger partial charge in [-0.25, -0.2) is 0 Å². The minimum Gasteiger partial charge on any atom is -0.490 e. The molecule has 0 aromatic heterocycles. The molecular formula is C24H24BrNO5. The number of amides is 1. The van der Waals surface area contributed by atoms with E-state index in [1.807, 2.05) is 30.3 Å². The van der Waals surface area contributed by atoms with Crippen LogP contribution in [0, 0.1) is 0 Å². The summed E-state index contributed by atoms with van der Waals surface area (Å²) in [6.07, 6.45) is 0. The molecule has 6 nitrogen and oxygen atoms in total. The fraction of sp³-hybridized carbons (Fsp3) is 0.208. The summed E-state index contributed by atoms with van der Waals surface area (Å²) in [7, 11) is 1.62. The van der Waals surface area contributed by atoms with Crippen molar-refractivity contribution in [1.82, 2.24) is 0 Å². The lowest BCUT2D eigenvalue weighted by Gasteiger charge is -2.11. The van der Waals surface area contributed by atoms with Gasteiger partial charge in [-0.2, -0.15) is 0 Å². The second-order valence-electron chi connectivity index (χ2n) is 6.47. The summed E-state index contributed by atoms with van der Waals surface area (Å²) in [5.41, 5.74) is 1.19. The van der Waals surface area contributed by atoms with Crippen LogP contribution in [0.15, 0.2) is 77.3 Å². The fourth-order valence-electron chi connectivity index (χ4n) is 2.67. The zero-order chi connectivity index (χ0) is 21.9. The minimum absolute atomic E-state index is 0.214. The smallest absolute Gasteiger partial charge is 0.255 e. The second kappa shape index (κ2) is 12.0. The van der Waals surface area contributed by atoms with Crippen LogP contribution in [0.25, 0.3) is 0 Å². The van der Waals surface area contributed by atoms with Gasteiger partial charge in [0.2, 0.25) is 0 Å². The van der Waals surface area contributed by atoms with E-state index < -0.39 is 0 Å². The number of carbonyl (C=O) groups is 1. The van der Waals surface area contributed by atoms with Crippen LogP contribution in [0.5, 0.6) is 17.2 Å². The number of hydrogen-bond donors (Lipinski definition) is 1. The molecule has 0 aliphatic heterocycles. The molecule has 0 saturated carbocycles. The molecule has 0 aliphatic carbocycles. The number of halogens is 1. The Morgan fingerprint density at radius 2 is 1.45 bits per heavy atom. The number of hydrogen-bond acceptors (Lipinski definition) is 5. The number of benzene rings is 3. The predicted octanol–water partition coefficient (Wildman–Crippen LogP) is 5.18. The molecule has 1 N–H and O–H groups in total. The van der Waals surface area contributed by atoms with E-state index in [1.165, 1.54) is 0 Å². The van der Waals surface area contributed by atoms with Crippen molar-refractivity contribution in [2.45, 2.75) is 0 Å². The van der Waals surface area contributed by atoms with Crippen LogP contribution in [-0.4, -0.2) is 39.4 Å². The molecule has 7 heteroatoms.